The number of amides is 3. The number of alkyl halides is 8. The van der Waals surface area contributed by atoms with E-state index in [0.717, 1.165) is 42.7 Å². The SMILES string of the molecule is CC(C)(C#Cc1ccc(-c2ccc(Cl)c3c(N(C(=O)NCCOP(=O)(O)O)S(C)(=O)=O)nn(CC(F)(F)F)c23)c([C@H](Cc2cc(F)cc(F)c2)NC(=O)Cn2nc(C(F)(F)F)c3c2C(F)(F)[C@@H]2C[C@H]32)n1)S(C)(=O)=O. The summed E-state index contributed by atoms with van der Waals surface area (Å²) < 4.78 is 213. The molecule has 1 saturated carbocycles. The van der Waals surface area contributed by atoms with Crippen LogP contribution in [0.1, 0.15) is 66.1 Å². The molecule has 3 aromatic heterocycles. The van der Waals surface area contributed by atoms with E-state index in [2.05, 4.69) is 36.9 Å². The Labute approximate surface area is 417 Å². The van der Waals surface area contributed by atoms with E-state index in [1.165, 1.54) is 13.8 Å². The third-order valence-electron chi connectivity index (χ3n) is 11.7. The summed E-state index contributed by atoms with van der Waals surface area (Å²) >= 11 is 6.58. The molecule has 3 amide bonds. The van der Waals surface area contributed by atoms with Crippen LogP contribution >= 0.6 is 19.4 Å². The van der Waals surface area contributed by atoms with Crippen molar-refractivity contribution in [3.63, 3.8) is 0 Å². The molecule has 32 heteroatoms. The number of sulfone groups is 1. The lowest BCUT2D eigenvalue weighted by Gasteiger charge is -2.23. The fourth-order valence-corrected chi connectivity index (χ4v) is 9.81. The zero-order valence-corrected chi connectivity index (χ0v) is 41.6. The number of urea groups is 1. The first-order chi connectivity index (χ1) is 33.9. The first kappa shape index (κ1) is 55.9. The zero-order chi connectivity index (χ0) is 55.1. The van der Waals surface area contributed by atoms with Crippen LogP contribution in [-0.4, -0.2) is 99.7 Å². The Bertz CT molecular complexity index is 3450. The van der Waals surface area contributed by atoms with Crippen LogP contribution in [0.4, 0.5) is 54.5 Å². The molecule has 0 spiro atoms. The van der Waals surface area contributed by atoms with E-state index < -0.39 is 175 Å². The second-order valence-corrected chi connectivity index (χ2v) is 23.6. The van der Waals surface area contributed by atoms with Crippen molar-refractivity contribution in [3.8, 4) is 23.0 Å². The molecule has 3 atom stereocenters. The van der Waals surface area contributed by atoms with Crippen molar-refractivity contribution < 1.29 is 89.2 Å². The summed E-state index contributed by atoms with van der Waals surface area (Å²) in [6.07, 6.45) is -10.2. The van der Waals surface area contributed by atoms with E-state index in [1.807, 2.05) is 5.32 Å². The van der Waals surface area contributed by atoms with E-state index in [9.17, 15) is 66.1 Å². The van der Waals surface area contributed by atoms with Gasteiger partial charge < -0.3 is 20.4 Å². The highest BCUT2D eigenvalue weighted by atomic mass is 35.5. The maximum absolute atomic E-state index is 15.6. The van der Waals surface area contributed by atoms with E-state index in [1.54, 1.807) is 0 Å². The van der Waals surface area contributed by atoms with Crippen LogP contribution in [0.2, 0.25) is 5.02 Å². The normalized spacial score (nSPS) is 17.0. The molecule has 0 unspecified atom stereocenters. The zero-order valence-electron chi connectivity index (χ0n) is 38.3. The van der Waals surface area contributed by atoms with Crippen LogP contribution in [-0.2, 0) is 65.4 Å². The highest BCUT2D eigenvalue weighted by molar-refractivity contribution is 7.93. The first-order valence-corrected chi connectivity index (χ1v) is 26.8. The number of carbonyl (C=O) groups excluding carboxylic acids is 2. The second kappa shape index (κ2) is 19.4. The van der Waals surface area contributed by atoms with Gasteiger partial charge >= 0.3 is 26.2 Å². The van der Waals surface area contributed by atoms with Gasteiger partial charge in [-0.2, -0.15) is 49.6 Å². The van der Waals surface area contributed by atoms with E-state index in [4.69, 9.17) is 21.4 Å². The monoisotopic (exact) mass is 1130 g/mol. The molecule has 2 aromatic carbocycles. The molecule has 18 nitrogen and oxygen atoms in total. The van der Waals surface area contributed by atoms with Crippen molar-refractivity contribution in [2.75, 3.05) is 30.0 Å². The minimum atomic E-state index is -5.25. The summed E-state index contributed by atoms with van der Waals surface area (Å²) in [5.41, 5.74) is -6.32. The number of anilines is 1. The topological polar surface area (TPSA) is 245 Å². The Morgan fingerprint density at radius 2 is 1.62 bits per heavy atom. The summed E-state index contributed by atoms with van der Waals surface area (Å²) in [6, 6.07) is 2.77. The molecule has 0 bridgehead atoms. The molecule has 0 aliphatic heterocycles. The van der Waals surface area contributed by atoms with E-state index in [0.29, 0.717) is 12.3 Å². The number of aromatic nitrogens is 5. The fraction of sp³-hybridized carbons (Fsp3) is 0.405. The molecule has 4 N–H and O–H groups in total. The van der Waals surface area contributed by atoms with Gasteiger partial charge in [-0.3, -0.25) is 18.7 Å². The molecular weight excluding hydrogens is 1100 g/mol. The molecule has 3 heterocycles. The van der Waals surface area contributed by atoms with Gasteiger partial charge in [-0.15, -0.1) is 0 Å². The van der Waals surface area contributed by atoms with Gasteiger partial charge in [0.1, 0.15) is 40.9 Å². The molecule has 2 aliphatic carbocycles. The number of pyridine rings is 1. The van der Waals surface area contributed by atoms with Crippen molar-refractivity contribution in [1.82, 2.24) is 35.2 Å². The molecule has 0 saturated heterocycles. The number of hydrogen-bond donors (Lipinski definition) is 4. The number of halogens is 11. The first-order valence-electron chi connectivity index (χ1n) is 21.2. The van der Waals surface area contributed by atoms with Crippen molar-refractivity contribution in [2.24, 2.45) is 5.92 Å². The largest absolute Gasteiger partial charge is 0.469 e. The molecule has 74 heavy (non-hydrogen) atoms. The van der Waals surface area contributed by atoms with Gasteiger partial charge in [0.25, 0.3) is 5.92 Å². The third kappa shape index (κ3) is 11.8. The van der Waals surface area contributed by atoms with Gasteiger partial charge in [-0.05, 0) is 74.4 Å². The van der Waals surface area contributed by atoms with Gasteiger partial charge in [0.15, 0.2) is 21.3 Å². The molecule has 5 aromatic rings. The molecule has 400 valence electrons. The highest BCUT2D eigenvalue weighted by Crippen LogP contribution is 2.68. The number of hydrogen-bond acceptors (Lipinski definition) is 11. The number of phosphoric ester groups is 1. The van der Waals surface area contributed by atoms with Gasteiger partial charge in [0.05, 0.1) is 40.5 Å². The Kier molecular flexibility index (Phi) is 14.6. The lowest BCUT2D eigenvalue weighted by molar-refractivity contribution is -0.143. The van der Waals surface area contributed by atoms with Crippen molar-refractivity contribution >= 4 is 67.9 Å². The van der Waals surface area contributed by atoms with Crippen LogP contribution in [0.5, 0.6) is 0 Å². The summed E-state index contributed by atoms with van der Waals surface area (Å²) in [5, 5.41) is 10.3. The number of phosphoric acid groups is 1. The Hall–Kier alpha value is -5.83. The van der Waals surface area contributed by atoms with Crippen molar-refractivity contribution in [3.05, 3.63) is 93.0 Å². The van der Waals surface area contributed by atoms with Crippen molar-refractivity contribution in [1.29, 1.82) is 0 Å². The summed E-state index contributed by atoms with van der Waals surface area (Å²) in [5.74, 6) is -6.37. The number of benzene rings is 2. The van der Waals surface area contributed by atoms with Crippen LogP contribution in [0.3, 0.4) is 0 Å². The maximum atomic E-state index is 15.6. The van der Waals surface area contributed by atoms with E-state index in [-0.39, 0.29) is 36.9 Å². The molecule has 0 radical (unpaired) electrons. The number of rotatable bonds is 15. The quantitative estimate of drug-likeness (QED) is 0.0362. The predicted octanol–water partition coefficient (Wildman–Crippen LogP) is 6.88. The Balaban J connectivity index is 1.46. The summed E-state index contributed by atoms with van der Waals surface area (Å²) in [6.45, 7) is -2.66. The lowest BCUT2D eigenvalue weighted by Crippen LogP contribution is -2.44. The minimum absolute atomic E-state index is 0.124. The number of fused-ring (bicyclic) bond motifs is 4. The molecule has 1 fully saturated rings. The second-order valence-electron chi connectivity index (χ2n) is 17.6. The minimum Gasteiger partial charge on any atom is -0.346 e. The van der Waals surface area contributed by atoms with Gasteiger partial charge in [-0.1, -0.05) is 23.6 Å². The van der Waals surface area contributed by atoms with Crippen LogP contribution < -0.4 is 14.9 Å². The Morgan fingerprint density at radius 3 is 2.20 bits per heavy atom. The lowest BCUT2D eigenvalue weighted by atomic mass is 9.93. The molecular formula is C42H38ClF10N8O10PS2. The molecule has 2 aliphatic rings. The smallest absolute Gasteiger partial charge is 0.346 e. The maximum Gasteiger partial charge on any atom is 0.469 e. The standard InChI is InChI=1S/C42H38ClF10N8O10PS2/c1-39(2,73(3,67)68)10-9-23-5-6-24(25-7-8-28(43)32-34(25)60(19-40(46,47)48)58-37(32)61(74(4,69)70)38(63)54-11-12-71-72(64,65)66)33(55-23)29(15-20-13-21(44)16-22(45)14-20)56-30(62)18-59-36-31(35(57-59)42(51,52)53)26-17-27(26)41(36,49)50/h5-8,13-14,16,26-27,29H,11-12,15,17-19H2,1-4H3,(H,54,63)(H,56,62)(H2,64,65,66)/t26-,27+,29-/m0/s1. The van der Waals surface area contributed by atoms with Gasteiger partial charge in [0, 0.05) is 41.5 Å². The summed E-state index contributed by atoms with van der Waals surface area (Å²) in [4.78, 5) is 50.2. The number of sulfonamides is 1. The number of carbonyl (C=O) groups is 2. The van der Waals surface area contributed by atoms with Gasteiger partial charge in [-0.25, -0.2) is 40.0 Å². The molecule has 7 rings (SSSR count). The van der Waals surface area contributed by atoms with Crippen LogP contribution in [0.15, 0.2) is 42.5 Å². The van der Waals surface area contributed by atoms with E-state index >= 15 is 8.78 Å². The average molecular weight is 1140 g/mol. The van der Waals surface area contributed by atoms with Crippen LogP contribution in [0.25, 0.3) is 22.0 Å². The number of nitrogens with zero attached hydrogens (tertiary/aromatic N) is 6. The Morgan fingerprint density at radius 1 is 0.986 bits per heavy atom. The predicted molar refractivity (Wildman–Crippen MR) is 241 cm³/mol. The van der Waals surface area contributed by atoms with Crippen LogP contribution in [0, 0.1) is 29.4 Å². The fourth-order valence-electron chi connectivity index (χ4n) is 8.20. The number of nitrogens with one attached hydrogen (secondary N) is 2. The summed E-state index contributed by atoms with van der Waals surface area (Å²) in [7, 11) is -14.0. The average Bonchev–Trinajstić information content (AvgIpc) is 3.75. The van der Waals surface area contributed by atoms with Gasteiger partial charge in [0.2, 0.25) is 15.9 Å². The highest BCUT2D eigenvalue weighted by Gasteiger charge is 2.68. The van der Waals surface area contributed by atoms with Crippen molar-refractivity contribution in [2.45, 2.75) is 74.8 Å². The third-order valence-corrected chi connectivity index (χ3v) is 15.4.